The van der Waals surface area contributed by atoms with E-state index < -0.39 is 6.43 Å². The van der Waals surface area contributed by atoms with Crippen LogP contribution in [0.4, 0.5) is 8.78 Å². The molecule has 0 amide bonds. The second-order valence-electron chi connectivity index (χ2n) is 4.43. The molecule has 0 N–H and O–H groups in total. The second-order valence-corrected chi connectivity index (χ2v) is 4.43. The summed E-state index contributed by atoms with van der Waals surface area (Å²) >= 11 is 0. The van der Waals surface area contributed by atoms with Crippen LogP contribution in [0.25, 0.3) is 0 Å². The minimum absolute atomic E-state index is 0.0334. The fourth-order valence-corrected chi connectivity index (χ4v) is 1.92. The molecule has 0 atom stereocenters. The predicted molar refractivity (Wildman–Crippen MR) is 73.5 cm³/mol. The molecular weight excluding hydrogens is 262 g/mol. The van der Waals surface area contributed by atoms with Gasteiger partial charge in [-0.1, -0.05) is 30.3 Å². The Hall–Kier alpha value is -2.10. The van der Waals surface area contributed by atoms with Crippen LogP contribution in [0, 0.1) is 6.92 Å². The van der Waals surface area contributed by atoms with Crippen LogP contribution >= 0.6 is 0 Å². The van der Waals surface area contributed by atoms with Gasteiger partial charge in [-0.05, 0) is 30.2 Å². The normalized spacial score (nSPS) is 10.7. The second kappa shape index (κ2) is 6.37. The maximum absolute atomic E-state index is 12.8. The Bertz CT molecular complexity index is 568. The van der Waals surface area contributed by atoms with Crippen molar-refractivity contribution >= 4 is 0 Å². The number of rotatable bonds is 5. The average molecular weight is 278 g/mol. The fourth-order valence-electron chi connectivity index (χ4n) is 1.92. The quantitative estimate of drug-likeness (QED) is 0.800. The van der Waals surface area contributed by atoms with Crippen molar-refractivity contribution in [2.45, 2.75) is 20.0 Å². The molecule has 0 saturated carbocycles. The summed E-state index contributed by atoms with van der Waals surface area (Å²) in [6.07, 6.45) is -2.52. The van der Waals surface area contributed by atoms with Crippen molar-refractivity contribution < 1.29 is 18.3 Å². The lowest BCUT2D eigenvalue weighted by Crippen LogP contribution is -2.00. The van der Waals surface area contributed by atoms with E-state index in [2.05, 4.69) is 0 Å². The maximum atomic E-state index is 12.8. The molecule has 0 saturated heterocycles. The third-order valence-electron chi connectivity index (χ3n) is 3.02. The van der Waals surface area contributed by atoms with Crippen molar-refractivity contribution in [3.05, 3.63) is 59.2 Å². The lowest BCUT2D eigenvalue weighted by molar-refractivity contribution is 0.150. The molecule has 106 valence electrons. The van der Waals surface area contributed by atoms with Gasteiger partial charge in [0.05, 0.1) is 7.11 Å². The molecule has 0 aliphatic heterocycles. The molecule has 0 aromatic heterocycles. The van der Waals surface area contributed by atoms with Crippen LogP contribution in [0.3, 0.4) is 0 Å². The van der Waals surface area contributed by atoms with E-state index >= 15 is 0 Å². The van der Waals surface area contributed by atoms with Crippen LogP contribution in [-0.2, 0) is 6.61 Å². The first-order valence-corrected chi connectivity index (χ1v) is 6.25. The number of alkyl halides is 2. The summed E-state index contributed by atoms with van der Waals surface area (Å²) in [5, 5.41) is 0. The van der Waals surface area contributed by atoms with Crippen molar-refractivity contribution in [2.75, 3.05) is 7.11 Å². The van der Waals surface area contributed by atoms with E-state index in [-0.39, 0.29) is 5.56 Å². The molecule has 2 aromatic carbocycles. The number of hydrogen-bond donors (Lipinski definition) is 0. The number of aryl methyl sites for hydroxylation is 1. The molecule has 20 heavy (non-hydrogen) atoms. The molecule has 0 fully saturated rings. The molecule has 2 nitrogen and oxygen atoms in total. The standard InChI is InChI=1S/C16H16F2O2/c1-11-8-15(14(19-2)9-13(11)16(17)18)20-10-12-6-4-3-5-7-12/h3-9,16H,10H2,1-2H3. The Kier molecular flexibility index (Phi) is 4.56. The van der Waals surface area contributed by atoms with Crippen LogP contribution in [0.1, 0.15) is 23.1 Å². The zero-order valence-electron chi connectivity index (χ0n) is 11.4. The topological polar surface area (TPSA) is 18.5 Å². The Labute approximate surface area is 117 Å². The van der Waals surface area contributed by atoms with Crippen LogP contribution in [0.15, 0.2) is 42.5 Å². The van der Waals surface area contributed by atoms with Crippen LogP contribution in [-0.4, -0.2) is 7.11 Å². The van der Waals surface area contributed by atoms with E-state index in [0.29, 0.717) is 23.7 Å². The molecule has 0 radical (unpaired) electrons. The van der Waals surface area contributed by atoms with Gasteiger partial charge in [-0.15, -0.1) is 0 Å². The van der Waals surface area contributed by atoms with Gasteiger partial charge in [0.15, 0.2) is 11.5 Å². The monoisotopic (exact) mass is 278 g/mol. The van der Waals surface area contributed by atoms with Gasteiger partial charge in [-0.25, -0.2) is 8.78 Å². The molecule has 0 aliphatic carbocycles. The Morgan fingerprint density at radius 1 is 1.05 bits per heavy atom. The summed E-state index contributed by atoms with van der Waals surface area (Å²) in [7, 11) is 1.44. The highest BCUT2D eigenvalue weighted by Crippen LogP contribution is 2.35. The van der Waals surface area contributed by atoms with Crippen LogP contribution in [0.5, 0.6) is 11.5 Å². The zero-order valence-corrected chi connectivity index (χ0v) is 11.4. The number of hydrogen-bond acceptors (Lipinski definition) is 2. The van der Waals surface area contributed by atoms with Crippen molar-refractivity contribution in [1.29, 1.82) is 0 Å². The first kappa shape index (κ1) is 14.3. The molecule has 2 aromatic rings. The SMILES string of the molecule is COc1cc(C(F)F)c(C)cc1OCc1ccccc1. The van der Waals surface area contributed by atoms with Crippen molar-refractivity contribution in [3.63, 3.8) is 0 Å². The molecule has 0 aliphatic rings. The van der Waals surface area contributed by atoms with Gasteiger partial charge in [0, 0.05) is 5.56 Å². The van der Waals surface area contributed by atoms with E-state index in [1.165, 1.54) is 13.2 Å². The summed E-state index contributed by atoms with van der Waals surface area (Å²) in [5.74, 6) is 0.792. The van der Waals surface area contributed by atoms with Crippen molar-refractivity contribution in [3.8, 4) is 11.5 Å². The number of ether oxygens (including phenoxy) is 2. The molecule has 0 bridgehead atoms. The number of methoxy groups -OCH3 is 1. The highest BCUT2D eigenvalue weighted by Gasteiger charge is 2.15. The Morgan fingerprint density at radius 3 is 2.35 bits per heavy atom. The first-order chi connectivity index (χ1) is 9.61. The summed E-state index contributed by atoms with van der Waals surface area (Å²) in [6, 6.07) is 12.6. The van der Waals surface area contributed by atoms with Gasteiger partial charge >= 0.3 is 0 Å². The molecule has 4 heteroatoms. The third-order valence-corrected chi connectivity index (χ3v) is 3.02. The first-order valence-electron chi connectivity index (χ1n) is 6.25. The molecular formula is C16H16F2O2. The lowest BCUT2D eigenvalue weighted by atomic mass is 10.1. The smallest absolute Gasteiger partial charge is 0.264 e. The van der Waals surface area contributed by atoms with Crippen LogP contribution in [0.2, 0.25) is 0 Å². The zero-order chi connectivity index (χ0) is 14.5. The molecule has 2 rings (SSSR count). The summed E-state index contributed by atoms with van der Waals surface area (Å²) in [6.45, 7) is 2.00. The largest absolute Gasteiger partial charge is 0.493 e. The summed E-state index contributed by atoms with van der Waals surface area (Å²) in [5.41, 5.74) is 1.46. The molecule has 0 spiro atoms. The van der Waals surface area contributed by atoms with Gasteiger partial charge in [0.2, 0.25) is 0 Å². The lowest BCUT2D eigenvalue weighted by Gasteiger charge is -2.14. The Balaban J connectivity index is 2.21. The third kappa shape index (κ3) is 3.26. The minimum atomic E-state index is -2.52. The number of benzene rings is 2. The summed E-state index contributed by atoms with van der Waals surface area (Å²) in [4.78, 5) is 0. The van der Waals surface area contributed by atoms with Crippen molar-refractivity contribution in [2.24, 2.45) is 0 Å². The van der Waals surface area contributed by atoms with Crippen LogP contribution < -0.4 is 9.47 Å². The Morgan fingerprint density at radius 2 is 1.75 bits per heavy atom. The van der Waals surface area contributed by atoms with Gasteiger partial charge in [-0.3, -0.25) is 0 Å². The van der Waals surface area contributed by atoms with Gasteiger partial charge in [0.25, 0.3) is 6.43 Å². The predicted octanol–water partition coefficient (Wildman–Crippen LogP) is 4.52. The number of halogens is 2. The highest BCUT2D eigenvalue weighted by atomic mass is 19.3. The van der Waals surface area contributed by atoms with Gasteiger partial charge in [-0.2, -0.15) is 0 Å². The maximum Gasteiger partial charge on any atom is 0.264 e. The van der Waals surface area contributed by atoms with E-state index in [1.54, 1.807) is 13.0 Å². The highest BCUT2D eigenvalue weighted by molar-refractivity contribution is 5.47. The van der Waals surface area contributed by atoms with E-state index in [9.17, 15) is 8.78 Å². The molecule has 0 unspecified atom stereocenters. The van der Waals surface area contributed by atoms with Crippen molar-refractivity contribution in [1.82, 2.24) is 0 Å². The average Bonchev–Trinajstić information content (AvgIpc) is 2.46. The fraction of sp³-hybridized carbons (Fsp3) is 0.250. The molecule has 0 heterocycles. The van der Waals surface area contributed by atoms with E-state index in [1.807, 2.05) is 30.3 Å². The van der Waals surface area contributed by atoms with Gasteiger partial charge < -0.3 is 9.47 Å². The van der Waals surface area contributed by atoms with Gasteiger partial charge in [0.1, 0.15) is 6.61 Å². The van der Waals surface area contributed by atoms with E-state index in [4.69, 9.17) is 9.47 Å². The van der Waals surface area contributed by atoms with E-state index in [0.717, 1.165) is 5.56 Å². The minimum Gasteiger partial charge on any atom is -0.493 e. The summed E-state index contributed by atoms with van der Waals surface area (Å²) < 4.78 is 36.4.